The van der Waals surface area contributed by atoms with Gasteiger partial charge in [0.15, 0.2) is 0 Å². The van der Waals surface area contributed by atoms with Crippen LogP contribution in [0.4, 0.5) is 5.69 Å². The number of hydrogen-bond donors (Lipinski definition) is 1. The number of pyridine rings is 1. The van der Waals surface area contributed by atoms with Gasteiger partial charge in [-0.05, 0) is 60.9 Å². The van der Waals surface area contributed by atoms with Gasteiger partial charge in [0.25, 0.3) is 11.7 Å². The van der Waals surface area contributed by atoms with Gasteiger partial charge in [-0.2, -0.15) is 0 Å². The van der Waals surface area contributed by atoms with Crippen molar-refractivity contribution in [2.75, 3.05) is 18.6 Å². The van der Waals surface area contributed by atoms with E-state index in [2.05, 4.69) is 4.98 Å². The second kappa shape index (κ2) is 10.0. The topological polar surface area (TPSA) is 89.0 Å². The van der Waals surface area contributed by atoms with E-state index in [4.69, 9.17) is 9.47 Å². The number of nitrogens with zero attached hydrogens (tertiary/aromatic N) is 2. The zero-order valence-corrected chi connectivity index (χ0v) is 20.2. The summed E-state index contributed by atoms with van der Waals surface area (Å²) in [4.78, 5) is 32.5. The number of amides is 1. The fraction of sp³-hybridized carbons (Fsp3) is 0.250. The molecule has 3 aromatic rings. The van der Waals surface area contributed by atoms with Crippen LogP contribution in [0.1, 0.15) is 49.6 Å². The molecule has 35 heavy (non-hydrogen) atoms. The average Bonchev–Trinajstić information content (AvgIpc) is 3.14. The molecule has 1 atom stereocenters. The van der Waals surface area contributed by atoms with E-state index in [-0.39, 0.29) is 17.3 Å². The van der Waals surface area contributed by atoms with Gasteiger partial charge in [0.05, 0.1) is 25.0 Å². The van der Waals surface area contributed by atoms with Gasteiger partial charge in [0.1, 0.15) is 23.3 Å². The SMILES string of the molecule is CCOc1cccc(N2C(=O)C(=O)/C(=C(\O)c3ccc(OC)c(C(C)C)c3)C2c2ccccn2)c1. The summed E-state index contributed by atoms with van der Waals surface area (Å²) in [5.74, 6) is -0.398. The number of rotatable bonds is 7. The first-order valence-corrected chi connectivity index (χ1v) is 11.5. The fourth-order valence-electron chi connectivity index (χ4n) is 4.29. The Morgan fingerprint density at radius 1 is 1.09 bits per heavy atom. The molecule has 0 bridgehead atoms. The molecule has 2 heterocycles. The molecule has 1 fully saturated rings. The second-order valence-corrected chi connectivity index (χ2v) is 8.47. The first kappa shape index (κ1) is 24.0. The van der Waals surface area contributed by atoms with Crippen molar-refractivity contribution < 1.29 is 24.2 Å². The molecule has 180 valence electrons. The van der Waals surface area contributed by atoms with Crippen LogP contribution < -0.4 is 14.4 Å². The summed E-state index contributed by atoms with van der Waals surface area (Å²) in [6.07, 6.45) is 1.59. The fourth-order valence-corrected chi connectivity index (χ4v) is 4.29. The van der Waals surface area contributed by atoms with Gasteiger partial charge in [0.2, 0.25) is 0 Å². The zero-order valence-electron chi connectivity index (χ0n) is 20.2. The number of carbonyl (C=O) groups is 2. The lowest BCUT2D eigenvalue weighted by atomic mass is 9.94. The van der Waals surface area contributed by atoms with Crippen LogP contribution in [0.3, 0.4) is 0 Å². The molecule has 1 aromatic heterocycles. The number of hydrogen-bond acceptors (Lipinski definition) is 6. The molecule has 2 aromatic carbocycles. The summed E-state index contributed by atoms with van der Waals surface area (Å²) in [5, 5.41) is 11.4. The third-order valence-corrected chi connectivity index (χ3v) is 5.94. The molecule has 1 aliphatic heterocycles. The number of aliphatic hydroxyl groups is 1. The van der Waals surface area contributed by atoms with E-state index in [0.717, 1.165) is 5.56 Å². The normalized spacial score (nSPS) is 17.2. The number of benzene rings is 2. The maximum atomic E-state index is 13.3. The predicted molar refractivity (Wildman–Crippen MR) is 134 cm³/mol. The molecule has 1 N–H and O–H groups in total. The molecule has 0 saturated carbocycles. The van der Waals surface area contributed by atoms with Gasteiger partial charge >= 0.3 is 0 Å². The monoisotopic (exact) mass is 472 g/mol. The number of anilines is 1. The number of methoxy groups -OCH3 is 1. The minimum absolute atomic E-state index is 0.0182. The Hall–Kier alpha value is -4.13. The summed E-state index contributed by atoms with van der Waals surface area (Å²) in [6, 6.07) is 16.6. The predicted octanol–water partition coefficient (Wildman–Crippen LogP) is 5.24. The van der Waals surface area contributed by atoms with Crippen molar-refractivity contribution in [3.8, 4) is 11.5 Å². The molecular weight excluding hydrogens is 444 g/mol. The van der Waals surface area contributed by atoms with Gasteiger partial charge in [-0.25, -0.2) is 0 Å². The van der Waals surface area contributed by atoms with Crippen molar-refractivity contribution in [1.82, 2.24) is 4.98 Å². The minimum Gasteiger partial charge on any atom is -0.507 e. The lowest BCUT2D eigenvalue weighted by Gasteiger charge is -2.25. The van der Waals surface area contributed by atoms with Crippen molar-refractivity contribution in [1.29, 1.82) is 0 Å². The second-order valence-electron chi connectivity index (χ2n) is 8.47. The highest BCUT2D eigenvalue weighted by atomic mass is 16.5. The highest BCUT2D eigenvalue weighted by molar-refractivity contribution is 6.51. The van der Waals surface area contributed by atoms with E-state index in [9.17, 15) is 14.7 Å². The summed E-state index contributed by atoms with van der Waals surface area (Å²) in [6.45, 7) is 6.36. The molecule has 0 spiro atoms. The zero-order chi connectivity index (χ0) is 25.1. The van der Waals surface area contributed by atoms with E-state index >= 15 is 0 Å². The average molecular weight is 473 g/mol. The number of carbonyl (C=O) groups excluding carboxylic acids is 2. The maximum Gasteiger partial charge on any atom is 0.300 e. The third-order valence-electron chi connectivity index (χ3n) is 5.94. The lowest BCUT2D eigenvalue weighted by molar-refractivity contribution is -0.132. The molecule has 7 heteroatoms. The van der Waals surface area contributed by atoms with Crippen LogP contribution in [0.15, 0.2) is 72.4 Å². The van der Waals surface area contributed by atoms with Gasteiger partial charge in [-0.1, -0.05) is 26.0 Å². The van der Waals surface area contributed by atoms with Crippen molar-refractivity contribution in [3.63, 3.8) is 0 Å². The van der Waals surface area contributed by atoms with Crippen LogP contribution in [-0.2, 0) is 9.59 Å². The Morgan fingerprint density at radius 3 is 2.54 bits per heavy atom. The van der Waals surface area contributed by atoms with Crippen LogP contribution in [-0.4, -0.2) is 35.5 Å². The van der Waals surface area contributed by atoms with Crippen molar-refractivity contribution in [3.05, 3.63) is 89.3 Å². The molecule has 7 nitrogen and oxygen atoms in total. The lowest BCUT2D eigenvalue weighted by Crippen LogP contribution is -2.29. The first-order chi connectivity index (χ1) is 16.9. The summed E-state index contributed by atoms with van der Waals surface area (Å²) >= 11 is 0. The van der Waals surface area contributed by atoms with Crippen LogP contribution in [0.25, 0.3) is 5.76 Å². The Labute approximate surface area is 204 Å². The Kier molecular flexibility index (Phi) is 6.87. The molecule has 0 radical (unpaired) electrons. The molecule has 1 amide bonds. The van der Waals surface area contributed by atoms with Crippen LogP contribution >= 0.6 is 0 Å². The molecular formula is C28H28N2O5. The number of Topliss-reactive ketones (excluding diaryl/α,β-unsaturated/α-hetero) is 1. The number of aliphatic hydroxyl groups excluding tert-OH is 1. The Morgan fingerprint density at radius 2 is 1.89 bits per heavy atom. The molecule has 1 unspecified atom stereocenters. The summed E-state index contributed by atoms with van der Waals surface area (Å²) in [7, 11) is 1.59. The maximum absolute atomic E-state index is 13.3. The first-order valence-electron chi connectivity index (χ1n) is 11.5. The van der Waals surface area contributed by atoms with Gasteiger partial charge in [-0.3, -0.25) is 19.5 Å². The highest BCUT2D eigenvalue weighted by Crippen LogP contribution is 2.42. The van der Waals surface area contributed by atoms with Crippen LogP contribution in [0, 0.1) is 0 Å². The van der Waals surface area contributed by atoms with Crippen LogP contribution in [0.5, 0.6) is 11.5 Å². The van der Waals surface area contributed by atoms with Crippen molar-refractivity contribution >= 4 is 23.1 Å². The standard InChI is InChI=1S/C28H28N2O5/c1-5-35-20-10-8-9-19(16-20)30-25(22-11-6-7-14-29-22)24(27(32)28(30)33)26(31)18-12-13-23(34-4)21(15-18)17(2)3/h6-17,25,31H,5H2,1-4H3/b26-24-. The van der Waals surface area contributed by atoms with Gasteiger partial charge < -0.3 is 14.6 Å². The van der Waals surface area contributed by atoms with E-state index in [0.29, 0.717) is 35.1 Å². The molecule has 4 rings (SSSR count). The minimum atomic E-state index is -0.905. The van der Waals surface area contributed by atoms with E-state index < -0.39 is 17.7 Å². The quantitative estimate of drug-likeness (QED) is 0.287. The van der Waals surface area contributed by atoms with Crippen LogP contribution in [0.2, 0.25) is 0 Å². The van der Waals surface area contributed by atoms with E-state index in [1.165, 1.54) is 4.90 Å². The highest BCUT2D eigenvalue weighted by Gasteiger charge is 2.47. The Bertz CT molecular complexity index is 1280. The third kappa shape index (κ3) is 4.49. The van der Waals surface area contributed by atoms with Crippen molar-refractivity contribution in [2.45, 2.75) is 32.7 Å². The molecule has 1 aliphatic rings. The number of ketones is 1. The largest absolute Gasteiger partial charge is 0.507 e. The van der Waals surface area contributed by atoms with E-state index in [1.807, 2.05) is 20.8 Å². The summed E-state index contributed by atoms with van der Waals surface area (Å²) < 4.78 is 11.1. The summed E-state index contributed by atoms with van der Waals surface area (Å²) in [5.41, 5.74) is 2.23. The number of ether oxygens (including phenoxy) is 2. The van der Waals surface area contributed by atoms with Gasteiger partial charge in [-0.15, -0.1) is 0 Å². The number of aromatic nitrogens is 1. The molecule has 1 saturated heterocycles. The Balaban J connectivity index is 1.92. The van der Waals surface area contributed by atoms with Gasteiger partial charge in [0, 0.05) is 23.5 Å². The van der Waals surface area contributed by atoms with Crippen molar-refractivity contribution in [2.24, 2.45) is 0 Å². The smallest absolute Gasteiger partial charge is 0.300 e. The molecule has 0 aliphatic carbocycles. The van der Waals surface area contributed by atoms with E-state index in [1.54, 1.807) is 74.0 Å².